The van der Waals surface area contributed by atoms with Gasteiger partial charge in [0.15, 0.2) is 11.2 Å². The van der Waals surface area contributed by atoms with Gasteiger partial charge in [0.2, 0.25) is 5.95 Å². The number of nitrogens with two attached hydrogens (primary N) is 1. The molecule has 1 aliphatic rings. The number of hydrogen-bond acceptors (Lipinski definition) is 9. The van der Waals surface area contributed by atoms with Crippen LogP contribution in [0.3, 0.4) is 0 Å². The van der Waals surface area contributed by atoms with Gasteiger partial charge >= 0.3 is 11.7 Å². The Balaban J connectivity index is 1.72. The van der Waals surface area contributed by atoms with E-state index in [4.69, 9.17) is 15.5 Å². The average Bonchev–Trinajstić information content (AvgIpc) is 3.32. The van der Waals surface area contributed by atoms with Crippen molar-refractivity contribution < 1.29 is 9.53 Å². The molecule has 4 heterocycles. The molecular formula is C29H34N8O4. The fourth-order valence-electron chi connectivity index (χ4n) is 5.19. The van der Waals surface area contributed by atoms with Crippen LogP contribution >= 0.6 is 0 Å². The molecule has 4 aromatic rings. The molecule has 1 aliphatic heterocycles. The number of ether oxygens (including phenoxy) is 1. The Labute approximate surface area is 236 Å². The standard InChI is InChI=1S/C29H34N8O4/c1-5-7-13-35-25-26(33-28(35)34-12-8-9-21(30)16-34)36(17-24(38)41-6-2)29(40)37(27(25)39)15-20-10-11-22-23(14-20)32-19(4)18(3)31-22/h10-11,14,21H,6,8-9,12-13,15-17,30H2,1-4H3. The predicted octanol–water partition coefficient (Wildman–Crippen LogP) is 1.48. The lowest BCUT2D eigenvalue weighted by molar-refractivity contribution is -0.143. The molecule has 1 atom stereocenters. The van der Waals surface area contributed by atoms with Crippen molar-refractivity contribution in [2.75, 3.05) is 24.6 Å². The molecule has 1 aromatic carbocycles. The summed E-state index contributed by atoms with van der Waals surface area (Å²) in [5.74, 6) is 5.80. The normalized spacial score (nSPS) is 15.2. The van der Waals surface area contributed by atoms with Crippen molar-refractivity contribution in [3.05, 3.63) is 56.0 Å². The molecule has 0 bridgehead atoms. The highest BCUT2D eigenvalue weighted by Crippen LogP contribution is 2.23. The number of hydrogen-bond donors (Lipinski definition) is 1. The van der Waals surface area contributed by atoms with Crippen molar-refractivity contribution in [1.82, 2.24) is 28.7 Å². The second-order valence-corrected chi connectivity index (χ2v) is 10.2. The number of anilines is 1. The molecule has 0 spiro atoms. The monoisotopic (exact) mass is 558 g/mol. The summed E-state index contributed by atoms with van der Waals surface area (Å²) >= 11 is 0. The molecule has 41 heavy (non-hydrogen) atoms. The van der Waals surface area contributed by atoms with Crippen LogP contribution in [-0.2, 0) is 29.2 Å². The first-order valence-electron chi connectivity index (χ1n) is 13.7. The minimum absolute atomic E-state index is 0.0322. The smallest absolute Gasteiger partial charge is 0.333 e. The maximum atomic E-state index is 14.1. The maximum absolute atomic E-state index is 14.1. The number of benzene rings is 1. The zero-order valence-corrected chi connectivity index (χ0v) is 23.8. The minimum atomic E-state index is -0.657. The number of carbonyl (C=O) groups excluding carboxylic acids is 1. The Hall–Kier alpha value is -4.50. The molecule has 12 nitrogen and oxygen atoms in total. The summed E-state index contributed by atoms with van der Waals surface area (Å²) in [4.78, 5) is 56.5. The summed E-state index contributed by atoms with van der Waals surface area (Å²) in [7, 11) is 0. The van der Waals surface area contributed by atoms with Crippen molar-refractivity contribution in [3.63, 3.8) is 0 Å². The first kappa shape index (κ1) is 28.0. The average molecular weight is 559 g/mol. The van der Waals surface area contributed by atoms with E-state index in [1.165, 1.54) is 4.57 Å². The fraction of sp³-hybridized carbons (Fsp3) is 0.448. The number of rotatable bonds is 7. The topological polar surface area (TPSA) is 143 Å². The van der Waals surface area contributed by atoms with Gasteiger partial charge in [0, 0.05) is 19.1 Å². The van der Waals surface area contributed by atoms with Crippen LogP contribution in [0.1, 0.15) is 43.6 Å². The van der Waals surface area contributed by atoms with Crippen LogP contribution in [0.5, 0.6) is 0 Å². The van der Waals surface area contributed by atoms with Gasteiger partial charge < -0.3 is 15.4 Å². The molecule has 1 unspecified atom stereocenters. The number of piperidine rings is 1. The molecular weight excluding hydrogens is 524 g/mol. The molecule has 3 aromatic heterocycles. The molecule has 0 aliphatic carbocycles. The van der Waals surface area contributed by atoms with Crippen molar-refractivity contribution in [2.24, 2.45) is 5.73 Å². The van der Waals surface area contributed by atoms with Gasteiger partial charge in [0.05, 0.1) is 42.1 Å². The lowest BCUT2D eigenvalue weighted by Crippen LogP contribution is -2.44. The largest absolute Gasteiger partial charge is 0.465 e. The van der Waals surface area contributed by atoms with E-state index in [9.17, 15) is 14.4 Å². The molecule has 0 radical (unpaired) electrons. The molecule has 1 fully saturated rings. The Bertz CT molecular complexity index is 1820. The first-order valence-corrected chi connectivity index (χ1v) is 13.7. The Morgan fingerprint density at radius 2 is 1.85 bits per heavy atom. The second kappa shape index (κ2) is 11.5. The number of nitrogens with zero attached hydrogens (tertiary/aromatic N) is 7. The Kier molecular flexibility index (Phi) is 7.90. The highest BCUT2D eigenvalue weighted by molar-refractivity contribution is 5.78. The molecule has 2 N–H and O–H groups in total. The number of carbonyl (C=O) groups is 1. The van der Waals surface area contributed by atoms with Gasteiger partial charge in [-0.3, -0.25) is 23.3 Å². The molecule has 214 valence electrons. The predicted molar refractivity (Wildman–Crippen MR) is 156 cm³/mol. The third kappa shape index (κ3) is 5.45. The van der Waals surface area contributed by atoms with Gasteiger partial charge in [-0.2, -0.15) is 4.98 Å². The molecule has 1 saturated heterocycles. The van der Waals surface area contributed by atoms with Crippen molar-refractivity contribution in [2.45, 2.75) is 66.2 Å². The molecule has 12 heteroatoms. The van der Waals surface area contributed by atoms with Crippen LogP contribution in [0.25, 0.3) is 22.2 Å². The van der Waals surface area contributed by atoms with Crippen molar-refractivity contribution in [1.29, 1.82) is 0 Å². The molecule has 5 rings (SSSR count). The van der Waals surface area contributed by atoms with Crippen LogP contribution in [0.4, 0.5) is 5.95 Å². The first-order chi connectivity index (χ1) is 19.7. The number of imidazole rings is 1. The lowest BCUT2D eigenvalue weighted by Gasteiger charge is -2.31. The van der Waals surface area contributed by atoms with E-state index in [0.717, 1.165) is 34.3 Å². The zero-order valence-electron chi connectivity index (χ0n) is 23.8. The van der Waals surface area contributed by atoms with E-state index in [1.807, 2.05) is 36.9 Å². The number of esters is 1. The SMILES string of the molecule is CC#CCn1c(N2CCCC(N)C2)nc2c1c(=O)n(Cc1ccc3nc(C)c(C)nc3c1)c(=O)n2CC(=O)OCC. The van der Waals surface area contributed by atoms with Gasteiger partial charge in [-0.05, 0) is 58.2 Å². The van der Waals surface area contributed by atoms with E-state index in [-0.39, 0.29) is 43.4 Å². The van der Waals surface area contributed by atoms with Crippen LogP contribution in [0.15, 0.2) is 27.8 Å². The van der Waals surface area contributed by atoms with Crippen LogP contribution < -0.4 is 21.9 Å². The van der Waals surface area contributed by atoms with Gasteiger partial charge in [-0.1, -0.05) is 12.0 Å². The third-order valence-corrected chi connectivity index (χ3v) is 7.32. The summed E-state index contributed by atoms with van der Waals surface area (Å²) in [6.45, 7) is 8.36. The summed E-state index contributed by atoms with van der Waals surface area (Å²) in [5, 5.41) is 0. The van der Waals surface area contributed by atoms with E-state index in [1.54, 1.807) is 18.4 Å². The van der Waals surface area contributed by atoms with Gasteiger partial charge in [-0.15, -0.1) is 5.92 Å². The zero-order chi connectivity index (χ0) is 29.3. The van der Waals surface area contributed by atoms with E-state index < -0.39 is 17.2 Å². The van der Waals surface area contributed by atoms with E-state index >= 15 is 0 Å². The summed E-state index contributed by atoms with van der Waals surface area (Å²) < 4.78 is 9.22. The molecule has 0 amide bonds. The minimum Gasteiger partial charge on any atom is -0.465 e. The summed E-state index contributed by atoms with van der Waals surface area (Å²) in [6, 6.07) is 5.42. The lowest BCUT2D eigenvalue weighted by atomic mass is 10.1. The summed E-state index contributed by atoms with van der Waals surface area (Å²) in [5.41, 5.74) is 9.11. The van der Waals surface area contributed by atoms with Gasteiger partial charge in [-0.25, -0.2) is 14.8 Å². The van der Waals surface area contributed by atoms with Crippen molar-refractivity contribution >= 4 is 34.1 Å². The number of aryl methyl sites for hydroxylation is 2. The van der Waals surface area contributed by atoms with E-state index in [2.05, 4.69) is 21.8 Å². The maximum Gasteiger partial charge on any atom is 0.333 e. The van der Waals surface area contributed by atoms with Gasteiger partial charge in [0.1, 0.15) is 6.54 Å². The Morgan fingerprint density at radius 3 is 2.56 bits per heavy atom. The van der Waals surface area contributed by atoms with E-state index in [0.29, 0.717) is 30.1 Å². The fourth-order valence-corrected chi connectivity index (χ4v) is 5.19. The number of aromatic nitrogens is 6. The Morgan fingerprint density at radius 1 is 1.10 bits per heavy atom. The summed E-state index contributed by atoms with van der Waals surface area (Å²) in [6.07, 6.45) is 1.76. The highest BCUT2D eigenvalue weighted by atomic mass is 16.5. The molecule has 0 saturated carbocycles. The van der Waals surface area contributed by atoms with Crippen LogP contribution in [0, 0.1) is 25.7 Å². The third-order valence-electron chi connectivity index (χ3n) is 7.32. The van der Waals surface area contributed by atoms with Gasteiger partial charge in [0.25, 0.3) is 5.56 Å². The highest BCUT2D eigenvalue weighted by Gasteiger charge is 2.27. The quantitative estimate of drug-likeness (QED) is 0.264. The second-order valence-electron chi connectivity index (χ2n) is 10.2. The van der Waals surface area contributed by atoms with Crippen LogP contribution in [0.2, 0.25) is 0 Å². The number of fused-ring (bicyclic) bond motifs is 2. The van der Waals surface area contributed by atoms with Crippen LogP contribution in [-0.4, -0.2) is 60.4 Å². The van der Waals surface area contributed by atoms with Crippen molar-refractivity contribution in [3.8, 4) is 11.8 Å².